The first-order valence-corrected chi connectivity index (χ1v) is 7.49. The molecule has 1 saturated carbocycles. The Bertz CT molecular complexity index is 793. The van der Waals surface area contributed by atoms with Crippen LogP contribution in [0.15, 0.2) is 47.4 Å². The second kappa shape index (κ2) is 6.48. The molecule has 0 aliphatic heterocycles. The number of H-pyrrole nitrogens is 1. The van der Waals surface area contributed by atoms with Crippen LogP contribution in [0.4, 0.5) is 5.69 Å². The van der Waals surface area contributed by atoms with Gasteiger partial charge in [-0.1, -0.05) is 12.1 Å². The number of nitrogens with one attached hydrogen (secondary N) is 3. The van der Waals surface area contributed by atoms with Crippen LogP contribution in [0.2, 0.25) is 0 Å². The van der Waals surface area contributed by atoms with Crippen molar-refractivity contribution >= 4 is 17.5 Å². The number of rotatable bonds is 5. The number of hydrogen-bond acceptors (Lipinski definition) is 3. The predicted octanol–water partition coefficient (Wildman–Crippen LogP) is 1.65. The van der Waals surface area contributed by atoms with Crippen LogP contribution in [0.5, 0.6) is 0 Å². The average molecular weight is 311 g/mol. The van der Waals surface area contributed by atoms with Gasteiger partial charge in [0.05, 0.1) is 0 Å². The summed E-state index contributed by atoms with van der Waals surface area (Å²) in [6, 6.07) is 10.4. The summed E-state index contributed by atoms with van der Waals surface area (Å²) in [5.41, 5.74) is 1.21. The summed E-state index contributed by atoms with van der Waals surface area (Å²) in [5.74, 6) is -0.246. The first kappa shape index (κ1) is 15.0. The summed E-state index contributed by atoms with van der Waals surface area (Å²) in [5, 5.41) is 5.57. The van der Waals surface area contributed by atoms with Crippen molar-refractivity contribution in [1.82, 2.24) is 10.3 Å². The van der Waals surface area contributed by atoms with E-state index in [0.29, 0.717) is 5.69 Å². The van der Waals surface area contributed by atoms with Crippen LogP contribution in [0.1, 0.15) is 28.8 Å². The van der Waals surface area contributed by atoms with Crippen molar-refractivity contribution in [2.24, 2.45) is 5.92 Å². The first-order valence-electron chi connectivity index (χ1n) is 7.49. The summed E-state index contributed by atoms with van der Waals surface area (Å²) in [6.45, 7) is 0.278. The Hall–Kier alpha value is -2.89. The highest BCUT2D eigenvalue weighted by Crippen LogP contribution is 2.30. The first-order chi connectivity index (χ1) is 11.1. The quantitative estimate of drug-likeness (QED) is 0.784. The zero-order chi connectivity index (χ0) is 16.2. The number of aromatic amines is 1. The number of hydrogen-bond donors (Lipinski definition) is 3. The van der Waals surface area contributed by atoms with Gasteiger partial charge in [-0.25, -0.2) is 0 Å². The Morgan fingerprint density at radius 1 is 1.17 bits per heavy atom. The lowest BCUT2D eigenvalue weighted by molar-refractivity contribution is -0.117. The van der Waals surface area contributed by atoms with Crippen LogP contribution in [0.3, 0.4) is 0 Å². The van der Waals surface area contributed by atoms with Crippen LogP contribution in [-0.4, -0.2) is 16.8 Å². The highest BCUT2D eigenvalue weighted by atomic mass is 16.2. The molecule has 3 N–H and O–H groups in total. The molecule has 1 fully saturated rings. The molecule has 23 heavy (non-hydrogen) atoms. The Balaban J connectivity index is 1.61. The van der Waals surface area contributed by atoms with Crippen LogP contribution in [0.25, 0.3) is 0 Å². The van der Waals surface area contributed by atoms with Crippen molar-refractivity contribution in [2.75, 3.05) is 5.32 Å². The standard InChI is InChI=1S/C17H17N3O3/c21-15(12-6-7-12)20-13-4-1-3-11(9-13)10-19-17(23)14-5-2-8-18-16(14)22/h1-5,8-9,12H,6-7,10H2,(H,18,22)(H,19,23)(H,20,21). The minimum absolute atomic E-state index is 0.0435. The molecule has 1 aliphatic carbocycles. The topological polar surface area (TPSA) is 91.1 Å². The van der Waals surface area contributed by atoms with Gasteiger partial charge in [0, 0.05) is 24.3 Å². The molecule has 1 aromatic heterocycles. The molecule has 0 saturated heterocycles. The van der Waals surface area contributed by atoms with Gasteiger partial charge < -0.3 is 15.6 Å². The largest absolute Gasteiger partial charge is 0.348 e. The number of amides is 2. The molecule has 0 atom stereocenters. The van der Waals surface area contributed by atoms with E-state index in [-0.39, 0.29) is 23.9 Å². The number of aromatic nitrogens is 1. The van der Waals surface area contributed by atoms with Gasteiger partial charge in [-0.3, -0.25) is 14.4 Å². The van der Waals surface area contributed by atoms with Crippen LogP contribution >= 0.6 is 0 Å². The minimum atomic E-state index is -0.431. The summed E-state index contributed by atoms with van der Waals surface area (Å²) >= 11 is 0. The van der Waals surface area contributed by atoms with E-state index in [4.69, 9.17) is 0 Å². The number of carbonyl (C=O) groups excluding carboxylic acids is 2. The third-order valence-corrected chi connectivity index (χ3v) is 3.66. The summed E-state index contributed by atoms with van der Waals surface area (Å²) < 4.78 is 0. The van der Waals surface area contributed by atoms with E-state index in [1.54, 1.807) is 6.07 Å². The lowest BCUT2D eigenvalue weighted by Gasteiger charge is -2.08. The second-order valence-corrected chi connectivity index (χ2v) is 5.56. The molecular weight excluding hydrogens is 294 g/mol. The fourth-order valence-electron chi connectivity index (χ4n) is 2.23. The molecule has 1 aliphatic rings. The van der Waals surface area contributed by atoms with E-state index in [1.165, 1.54) is 12.3 Å². The Morgan fingerprint density at radius 2 is 2.00 bits per heavy atom. The Kier molecular flexibility index (Phi) is 4.23. The molecule has 2 aromatic rings. The van der Waals surface area contributed by atoms with Gasteiger partial charge in [0.1, 0.15) is 5.56 Å². The van der Waals surface area contributed by atoms with E-state index in [1.807, 2.05) is 24.3 Å². The van der Waals surface area contributed by atoms with Gasteiger partial charge >= 0.3 is 0 Å². The minimum Gasteiger partial charge on any atom is -0.348 e. The molecule has 6 heteroatoms. The van der Waals surface area contributed by atoms with E-state index in [0.717, 1.165) is 18.4 Å². The molecule has 118 valence electrons. The molecule has 1 heterocycles. The normalized spacial score (nSPS) is 13.4. The monoisotopic (exact) mass is 311 g/mol. The smallest absolute Gasteiger partial charge is 0.260 e. The maximum Gasteiger partial charge on any atom is 0.260 e. The number of pyridine rings is 1. The molecule has 3 rings (SSSR count). The van der Waals surface area contributed by atoms with Crippen LogP contribution in [0, 0.1) is 5.92 Å². The van der Waals surface area contributed by atoms with E-state index in [2.05, 4.69) is 15.6 Å². The second-order valence-electron chi connectivity index (χ2n) is 5.56. The van der Waals surface area contributed by atoms with Crippen LogP contribution in [-0.2, 0) is 11.3 Å². The fourth-order valence-corrected chi connectivity index (χ4v) is 2.23. The molecule has 0 unspecified atom stereocenters. The molecule has 0 spiro atoms. The number of anilines is 1. The molecular formula is C17H17N3O3. The molecule has 0 bridgehead atoms. The predicted molar refractivity (Wildman–Crippen MR) is 86.0 cm³/mol. The summed E-state index contributed by atoms with van der Waals surface area (Å²) in [6.07, 6.45) is 3.38. The van der Waals surface area contributed by atoms with Gasteiger partial charge in [-0.05, 0) is 42.7 Å². The molecule has 1 aromatic carbocycles. The maximum absolute atomic E-state index is 12.0. The lowest BCUT2D eigenvalue weighted by atomic mass is 10.2. The van der Waals surface area contributed by atoms with Crippen molar-refractivity contribution in [3.8, 4) is 0 Å². The van der Waals surface area contributed by atoms with Gasteiger partial charge in [0.25, 0.3) is 11.5 Å². The number of benzene rings is 1. The molecule has 6 nitrogen and oxygen atoms in total. The van der Waals surface area contributed by atoms with Crippen molar-refractivity contribution in [2.45, 2.75) is 19.4 Å². The van der Waals surface area contributed by atoms with Gasteiger partial charge in [0.15, 0.2) is 0 Å². The van der Waals surface area contributed by atoms with Crippen LogP contribution < -0.4 is 16.2 Å². The highest BCUT2D eigenvalue weighted by molar-refractivity contribution is 5.94. The van der Waals surface area contributed by atoms with Crippen molar-refractivity contribution in [3.05, 3.63) is 64.1 Å². The highest BCUT2D eigenvalue weighted by Gasteiger charge is 2.29. The molecule has 2 amide bonds. The lowest BCUT2D eigenvalue weighted by Crippen LogP contribution is -2.28. The SMILES string of the molecule is O=C(NCc1cccc(NC(=O)C2CC2)c1)c1ccc[nH]c1=O. The van der Waals surface area contributed by atoms with Gasteiger partial charge in [0.2, 0.25) is 5.91 Å². The van der Waals surface area contributed by atoms with Gasteiger partial charge in [-0.15, -0.1) is 0 Å². The molecule has 0 radical (unpaired) electrons. The van der Waals surface area contributed by atoms with Gasteiger partial charge in [-0.2, -0.15) is 0 Å². The zero-order valence-electron chi connectivity index (χ0n) is 12.5. The van der Waals surface area contributed by atoms with Crippen molar-refractivity contribution < 1.29 is 9.59 Å². The van der Waals surface area contributed by atoms with E-state index < -0.39 is 11.5 Å². The van der Waals surface area contributed by atoms with E-state index >= 15 is 0 Å². The Morgan fingerprint density at radius 3 is 2.74 bits per heavy atom. The van der Waals surface area contributed by atoms with Crippen molar-refractivity contribution in [1.29, 1.82) is 0 Å². The summed E-state index contributed by atoms with van der Waals surface area (Å²) in [7, 11) is 0. The van der Waals surface area contributed by atoms with Crippen molar-refractivity contribution in [3.63, 3.8) is 0 Å². The summed E-state index contributed by atoms with van der Waals surface area (Å²) in [4.78, 5) is 37.8. The van der Waals surface area contributed by atoms with E-state index in [9.17, 15) is 14.4 Å². The maximum atomic E-state index is 12.0. The zero-order valence-corrected chi connectivity index (χ0v) is 12.5. The third kappa shape index (κ3) is 3.85. The Labute approximate surface area is 132 Å². The third-order valence-electron chi connectivity index (χ3n) is 3.66. The average Bonchev–Trinajstić information content (AvgIpc) is 3.38. The fraction of sp³-hybridized carbons (Fsp3) is 0.235. The number of carbonyl (C=O) groups is 2.